The van der Waals surface area contributed by atoms with E-state index in [1.165, 1.54) is 0 Å². The Morgan fingerprint density at radius 2 is 2.18 bits per heavy atom. The highest BCUT2D eigenvalue weighted by molar-refractivity contribution is 5.92. The highest BCUT2D eigenvalue weighted by atomic mass is 16.5. The van der Waals surface area contributed by atoms with E-state index >= 15 is 0 Å². The maximum atomic E-state index is 11.8. The van der Waals surface area contributed by atoms with Gasteiger partial charge in [-0.1, -0.05) is 0 Å². The third-order valence-electron chi connectivity index (χ3n) is 2.90. The normalized spacial score (nSPS) is 14.2. The van der Waals surface area contributed by atoms with Crippen molar-refractivity contribution in [3.8, 4) is 6.07 Å². The quantitative estimate of drug-likeness (QED) is 0.725. The molecular formula is C13H14N2O2. The number of ether oxygens (including phenoxy) is 1. The van der Waals surface area contributed by atoms with Gasteiger partial charge in [0.25, 0.3) is 0 Å². The van der Waals surface area contributed by atoms with Gasteiger partial charge in [-0.05, 0) is 37.2 Å². The molecule has 0 bridgehead atoms. The summed E-state index contributed by atoms with van der Waals surface area (Å²) in [5, 5.41) is 9.04. The van der Waals surface area contributed by atoms with Crippen molar-refractivity contribution in [3.05, 3.63) is 34.4 Å². The van der Waals surface area contributed by atoms with Gasteiger partial charge in [-0.25, -0.2) is 4.79 Å². The molecule has 0 unspecified atom stereocenters. The maximum Gasteiger partial charge on any atom is 0.338 e. The van der Waals surface area contributed by atoms with Crippen molar-refractivity contribution >= 4 is 5.97 Å². The van der Waals surface area contributed by atoms with Gasteiger partial charge in [0.15, 0.2) is 0 Å². The summed E-state index contributed by atoms with van der Waals surface area (Å²) in [6.07, 6.45) is 0. The topological polar surface area (TPSA) is 53.3 Å². The van der Waals surface area contributed by atoms with Crippen molar-refractivity contribution in [3.63, 3.8) is 0 Å². The molecule has 88 valence electrons. The molecule has 1 heterocycles. The van der Waals surface area contributed by atoms with Crippen LogP contribution in [0.25, 0.3) is 0 Å². The Labute approximate surface area is 100 Å². The summed E-state index contributed by atoms with van der Waals surface area (Å²) >= 11 is 0. The van der Waals surface area contributed by atoms with Crippen LogP contribution in [0.15, 0.2) is 12.1 Å². The lowest BCUT2D eigenvalue weighted by Gasteiger charge is -2.08. The van der Waals surface area contributed by atoms with Crippen LogP contribution in [0.3, 0.4) is 0 Å². The predicted octanol–water partition coefficient (Wildman–Crippen LogP) is 1.68. The Morgan fingerprint density at radius 3 is 2.82 bits per heavy atom. The summed E-state index contributed by atoms with van der Waals surface area (Å²) in [6, 6.07) is 5.55. The van der Waals surface area contributed by atoms with Crippen molar-refractivity contribution in [2.45, 2.75) is 20.0 Å². The summed E-state index contributed by atoms with van der Waals surface area (Å²) in [4.78, 5) is 13.9. The van der Waals surface area contributed by atoms with Gasteiger partial charge in [-0.2, -0.15) is 5.26 Å². The molecule has 0 amide bonds. The van der Waals surface area contributed by atoms with E-state index in [1.807, 2.05) is 7.05 Å². The molecule has 0 N–H and O–H groups in total. The minimum Gasteiger partial charge on any atom is -0.462 e. The first-order valence-electron chi connectivity index (χ1n) is 5.58. The highest BCUT2D eigenvalue weighted by Gasteiger charge is 2.25. The van der Waals surface area contributed by atoms with Crippen LogP contribution in [0.2, 0.25) is 0 Å². The van der Waals surface area contributed by atoms with E-state index in [2.05, 4.69) is 11.0 Å². The number of carbonyl (C=O) groups is 1. The summed E-state index contributed by atoms with van der Waals surface area (Å²) in [7, 11) is 1.97. The van der Waals surface area contributed by atoms with Crippen LogP contribution >= 0.6 is 0 Å². The summed E-state index contributed by atoms with van der Waals surface area (Å²) in [5.74, 6) is -0.302. The maximum absolute atomic E-state index is 11.8. The number of hydrogen-bond acceptors (Lipinski definition) is 4. The third kappa shape index (κ3) is 2.02. The van der Waals surface area contributed by atoms with Crippen LogP contribution < -0.4 is 0 Å². The minimum absolute atomic E-state index is 0.302. The average molecular weight is 230 g/mol. The Bertz CT molecular complexity index is 503. The van der Waals surface area contributed by atoms with E-state index in [0.29, 0.717) is 30.8 Å². The molecule has 17 heavy (non-hydrogen) atoms. The van der Waals surface area contributed by atoms with E-state index in [0.717, 1.165) is 11.1 Å². The fraction of sp³-hybridized carbons (Fsp3) is 0.385. The Kier molecular flexibility index (Phi) is 3.12. The molecule has 0 radical (unpaired) electrons. The van der Waals surface area contributed by atoms with E-state index in [-0.39, 0.29) is 5.97 Å². The number of nitrogens with zero attached hydrogens (tertiary/aromatic N) is 2. The largest absolute Gasteiger partial charge is 0.462 e. The van der Waals surface area contributed by atoms with E-state index in [9.17, 15) is 4.79 Å². The molecule has 1 aromatic carbocycles. The second kappa shape index (κ2) is 4.56. The number of nitriles is 1. The number of esters is 1. The molecule has 0 saturated heterocycles. The number of fused-ring (bicyclic) bond motifs is 1. The second-order valence-electron chi connectivity index (χ2n) is 4.12. The van der Waals surface area contributed by atoms with Crippen molar-refractivity contribution in [1.82, 2.24) is 4.90 Å². The molecular weight excluding hydrogens is 216 g/mol. The van der Waals surface area contributed by atoms with Gasteiger partial charge in [0.05, 0.1) is 23.8 Å². The Morgan fingerprint density at radius 1 is 1.47 bits per heavy atom. The third-order valence-corrected chi connectivity index (χ3v) is 2.90. The zero-order valence-electron chi connectivity index (χ0n) is 9.99. The van der Waals surface area contributed by atoms with Gasteiger partial charge in [0, 0.05) is 13.1 Å². The first kappa shape index (κ1) is 11.6. The first-order valence-corrected chi connectivity index (χ1v) is 5.58. The molecule has 1 aliphatic rings. The minimum atomic E-state index is -0.302. The van der Waals surface area contributed by atoms with Gasteiger partial charge in [0.1, 0.15) is 0 Å². The molecule has 2 rings (SSSR count). The SMILES string of the molecule is CCOC(=O)c1ccc(C#N)c2c1CN(C)C2. The zero-order valence-corrected chi connectivity index (χ0v) is 9.99. The van der Waals surface area contributed by atoms with Crippen LogP contribution in [0.1, 0.15) is 34.0 Å². The molecule has 1 aromatic rings. The number of rotatable bonds is 2. The standard InChI is InChI=1S/C13H14N2O2/c1-3-17-13(16)10-5-4-9(6-14)11-7-15(2)8-12(10)11/h4-5H,3,7-8H2,1-2H3. The molecule has 0 atom stereocenters. The monoisotopic (exact) mass is 230 g/mol. The predicted molar refractivity (Wildman–Crippen MR) is 62.3 cm³/mol. The fourth-order valence-corrected chi connectivity index (χ4v) is 2.15. The Hall–Kier alpha value is -1.86. The van der Waals surface area contributed by atoms with Crippen LogP contribution in [0.4, 0.5) is 0 Å². The summed E-state index contributed by atoms with van der Waals surface area (Å²) < 4.78 is 5.02. The summed E-state index contributed by atoms with van der Waals surface area (Å²) in [5.41, 5.74) is 3.13. The van der Waals surface area contributed by atoms with Crippen molar-refractivity contribution in [2.75, 3.05) is 13.7 Å². The van der Waals surface area contributed by atoms with Crippen LogP contribution in [-0.4, -0.2) is 24.5 Å². The van der Waals surface area contributed by atoms with E-state index < -0.39 is 0 Å². The number of carbonyl (C=O) groups excluding carboxylic acids is 1. The van der Waals surface area contributed by atoms with E-state index in [4.69, 9.17) is 10.00 Å². The highest BCUT2D eigenvalue weighted by Crippen LogP contribution is 2.28. The van der Waals surface area contributed by atoms with Crippen LogP contribution in [0, 0.1) is 11.3 Å². The van der Waals surface area contributed by atoms with Crippen LogP contribution in [-0.2, 0) is 17.8 Å². The summed E-state index contributed by atoms with van der Waals surface area (Å²) in [6.45, 7) is 3.56. The van der Waals surface area contributed by atoms with Gasteiger partial charge >= 0.3 is 5.97 Å². The first-order chi connectivity index (χ1) is 8.17. The second-order valence-corrected chi connectivity index (χ2v) is 4.12. The zero-order chi connectivity index (χ0) is 12.4. The van der Waals surface area contributed by atoms with Gasteiger partial charge in [-0.3, -0.25) is 4.90 Å². The Balaban J connectivity index is 2.48. The van der Waals surface area contributed by atoms with Crippen molar-refractivity contribution in [2.24, 2.45) is 0 Å². The van der Waals surface area contributed by atoms with E-state index in [1.54, 1.807) is 19.1 Å². The smallest absolute Gasteiger partial charge is 0.338 e. The molecule has 0 saturated carbocycles. The molecule has 1 aliphatic heterocycles. The molecule has 0 aliphatic carbocycles. The lowest BCUT2D eigenvalue weighted by molar-refractivity contribution is 0.0525. The van der Waals surface area contributed by atoms with Crippen LogP contribution in [0.5, 0.6) is 0 Å². The average Bonchev–Trinajstić information content (AvgIpc) is 2.69. The van der Waals surface area contributed by atoms with Gasteiger partial charge < -0.3 is 4.74 Å². The molecule has 4 heteroatoms. The van der Waals surface area contributed by atoms with Crippen molar-refractivity contribution < 1.29 is 9.53 Å². The van der Waals surface area contributed by atoms with Crippen molar-refractivity contribution in [1.29, 1.82) is 5.26 Å². The molecule has 0 fully saturated rings. The number of benzene rings is 1. The fourth-order valence-electron chi connectivity index (χ4n) is 2.15. The van der Waals surface area contributed by atoms with Gasteiger partial charge in [-0.15, -0.1) is 0 Å². The molecule has 4 nitrogen and oxygen atoms in total. The number of hydrogen-bond donors (Lipinski definition) is 0. The molecule has 0 aromatic heterocycles. The lowest BCUT2D eigenvalue weighted by atomic mass is 9.99. The van der Waals surface area contributed by atoms with Gasteiger partial charge in [0.2, 0.25) is 0 Å². The molecule has 0 spiro atoms. The lowest BCUT2D eigenvalue weighted by Crippen LogP contribution is -2.10.